The number of ether oxygens (including phenoxy) is 2. The molecule has 0 aliphatic carbocycles. The van der Waals surface area contributed by atoms with Crippen molar-refractivity contribution in [3.05, 3.63) is 0 Å². The molecule has 0 amide bonds. The van der Waals surface area contributed by atoms with Gasteiger partial charge in [0.25, 0.3) is 0 Å². The first-order chi connectivity index (χ1) is 10.3. The maximum absolute atomic E-state index is 10.7. The molecule has 128 valence electrons. The van der Waals surface area contributed by atoms with Crippen molar-refractivity contribution >= 4 is 11.9 Å². The van der Waals surface area contributed by atoms with E-state index >= 15 is 0 Å². The minimum atomic E-state index is -1.57. The summed E-state index contributed by atoms with van der Waals surface area (Å²) in [6.45, 7) is -0.718. The van der Waals surface area contributed by atoms with Gasteiger partial charge < -0.3 is 40.1 Å². The Hall–Kier alpha value is -1.30. The number of aliphatic hydroxyl groups excluding tert-OH is 4. The first kappa shape index (κ1) is 18.7. The van der Waals surface area contributed by atoms with Crippen LogP contribution in [0.3, 0.4) is 0 Å². The lowest BCUT2D eigenvalue weighted by Crippen LogP contribution is -2.59. The molecule has 1 fully saturated rings. The standard InChI is InChI=1S/C12H20O10/c13-4-6-7(14)8(15)9(16)12(22-6)21-3-1-2-5(10(17)18)11(19)20/h5-9,12-16H,1-4H2,(H,17,18)(H,19,20). The van der Waals surface area contributed by atoms with Gasteiger partial charge in [-0.15, -0.1) is 0 Å². The fourth-order valence-electron chi connectivity index (χ4n) is 2.04. The topological polar surface area (TPSA) is 174 Å². The number of rotatable bonds is 8. The van der Waals surface area contributed by atoms with Gasteiger partial charge in [0.2, 0.25) is 0 Å². The number of carbonyl (C=O) groups is 2. The highest BCUT2D eigenvalue weighted by atomic mass is 16.7. The molecular weight excluding hydrogens is 304 g/mol. The molecule has 0 aromatic heterocycles. The van der Waals surface area contributed by atoms with E-state index in [0.717, 1.165) is 0 Å². The molecule has 6 N–H and O–H groups in total. The van der Waals surface area contributed by atoms with E-state index in [0.29, 0.717) is 0 Å². The molecule has 0 bridgehead atoms. The summed E-state index contributed by atoms with van der Waals surface area (Å²) in [5.41, 5.74) is 0. The lowest BCUT2D eigenvalue weighted by molar-refractivity contribution is -0.301. The first-order valence-corrected chi connectivity index (χ1v) is 6.67. The van der Waals surface area contributed by atoms with Gasteiger partial charge in [0.15, 0.2) is 12.2 Å². The highest BCUT2D eigenvalue weighted by Gasteiger charge is 2.43. The molecule has 1 aliphatic rings. The molecule has 0 aromatic carbocycles. The number of hydrogen-bond acceptors (Lipinski definition) is 8. The van der Waals surface area contributed by atoms with Crippen LogP contribution in [0.4, 0.5) is 0 Å². The summed E-state index contributed by atoms with van der Waals surface area (Å²) in [5, 5.41) is 55.1. The summed E-state index contributed by atoms with van der Waals surface area (Å²) < 4.78 is 10.2. The van der Waals surface area contributed by atoms with Crippen LogP contribution in [-0.4, -0.2) is 86.5 Å². The van der Waals surface area contributed by atoms with Gasteiger partial charge in [-0.2, -0.15) is 0 Å². The highest BCUT2D eigenvalue weighted by Crippen LogP contribution is 2.22. The van der Waals surface area contributed by atoms with Gasteiger partial charge in [-0.25, -0.2) is 0 Å². The SMILES string of the molecule is O=C(O)C(CCCOC1OC(CO)C(O)C(O)C1O)C(=O)O. The van der Waals surface area contributed by atoms with Crippen LogP contribution in [0.25, 0.3) is 0 Å². The van der Waals surface area contributed by atoms with Crippen molar-refractivity contribution < 1.29 is 49.7 Å². The van der Waals surface area contributed by atoms with Gasteiger partial charge in [-0.05, 0) is 12.8 Å². The molecule has 10 nitrogen and oxygen atoms in total. The maximum atomic E-state index is 10.7. The Balaban J connectivity index is 2.43. The summed E-state index contributed by atoms with van der Waals surface area (Å²) in [5.74, 6) is -4.47. The second kappa shape index (κ2) is 8.36. The van der Waals surface area contributed by atoms with E-state index in [9.17, 15) is 24.9 Å². The van der Waals surface area contributed by atoms with Crippen molar-refractivity contribution in [2.75, 3.05) is 13.2 Å². The number of aliphatic hydroxyl groups is 4. The number of hydrogen-bond donors (Lipinski definition) is 6. The number of carboxylic acid groups (broad SMARTS) is 2. The molecule has 1 aliphatic heterocycles. The van der Waals surface area contributed by atoms with Crippen molar-refractivity contribution in [2.45, 2.75) is 43.5 Å². The van der Waals surface area contributed by atoms with Crippen molar-refractivity contribution in [3.8, 4) is 0 Å². The molecule has 1 heterocycles. The maximum Gasteiger partial charge on any atom is 0.317 e. The minimum absolute atomic E-state index is 0.0677. The Morgan fingerprint density at radius 3 is 2.14 bits per heavy atom. The predicted molar refractivity (Wildman–Crippen MR) is 67.7 cm³/mol. The predicted octanol–water partition coefficient (Wildman–Crippen LogP) is -2.63. The number of aliphatic carboxylic acids is 2. The van der Waals surface area contributed by atoms with E-state index in [1.54, 1.807) is 0 Å². The summed E-state index contributed by atoms with van der Waals surface area (Å²) >= 11 is 0. The molecule has 0 spiro atoms. The summed E-state index contributed by atoms with van der Waals surface area (Å²) in [6.07, 6.45) is -7.14. The number of carboxylic acids is 2. The molecule has 0 saturated carbocycles. The third-order valence-electron chi connectivity index (χ3n) is 3.36. The van der Waals surface area contributed by atoms with Gasteiger partial charge in [0, 0.05) is 6.61 Å². The Morgan fingerprint density at radius 1 is 1.05 bits per heavy atom. The van der Waals surface area contributed by atoms with Crippen LogP contribution in [0, 0.1) is 5.92 Å². The van der Waals surface area contributed by atoms with E-state index in [1.807, 2.05) is 0 Å². The second-order valence-electron chi connectivity index (χ2n) is 4.94. The van der Waals surface area contributed by atoms with Gasteiger partial charge >= 0.3 is 11.9 Å². The minimum Gasteiger partial charge on any atom is -0.481 e. The Kier molecular flexibility index (Phi) is 7.13. The Morgan fingerprint density at radius 2 is 1.64 bits per heavy atom. The molecule has 0 aromatic rings. The quantitative estimate of drug-likeness (QED) is 0.205. The molecule has 1 saturated heterocycles. The van der Waals surface area contributed by atoms with Crippen molar-refractivity contribution in [1.29, 1.82) is 0 Å². The molecular formula is C12H20O10. The summed E-state index contributed by atoms with van der Waals surface area (Å²) in [7, 11) is 0. The second-order valence-corrected chi connectivity index (χ2v) is 4.94. The van der Waals surface area contributed by atoms with Crippen LogP contribution in [0.5, 0.6) is 0 Å². The smallest absolute Gasteiger partial charge is 0.317 e. The van der Waals surface area contributed by atoms with E-state index in [2.05, 4.69) is 0 Å². The van der Waals surface area contributed by atoms with Crippen molar-refractivity contribution in [1.82, 2.24) is 0 Å². The molecule has 10 heteroatoms. The van der Waals surface area contributed by atoms with Gasteiger partial charge in [0.1, 0.15) is 24.4 Å². The van der Waals surface area contributed by atoms with Crippen molar-refractivity contribution in [2.24, 2.45) is 5.92 Å². The van der Waals surface area contributed by atoms with E-state index in [-0.39, 0.29) is 19.4 Å². The fourth-order valence-corrected chi connectivity index (χ4v) is 2.04. The van der Waals surface area contributed by atoms with Crippen LogP contribution in [0.1, 0.15) is 12.8 Å². The van der Waals surface area contributed by atoms with Crippen molar-refractivity contribution in [3.63, 3.8) is 0 Å². The zero-order valence-corrected chi connectivity index (χ0v) is 11.6. The van der Waals surface area contributed by atoms with E-state index in [1.165, 1.54) is 0 Å². The third kappa shape index (κ3) is 4.60. The normalized spacial score (nSPS) is 32.1. The summed E-state index contributed by atoms with van der Waals surface area (Å²) in [6, 6.07) is 0. The Bertz CT molecular complexity index is 370. The average Bonchev–Trinajstić information content (AvgIpc) is 2.45. The lowest BCUT2D eigenvalue weighted by Gasteiger charge is -2.39. The molecule has 0 radical (unpaired) electrons. The average molecular weight is 324 g/mol. The Labute approximate surface area is 125 Å². The van der Waals surface area contributed by atoms with E-state index < -0.39 is 55.2 Å². The van der Waals surface area contributed by atoms with Gasteiger partial charge in [0.05, 0.1) is 6.61 Å². The van der Waals surface area contributed by atoms with Crippen LogP contribution in [0.15, 0.2) is 0 Å². The fraction of sp³-hybridized carbons (Fsp3) is 0.833. The van der Waals surface area contributed by atoms with E-state index in [4.69, 9.17) is 24.8 Å². The third-order valence-corrected chi connectivity index (χ3v) is 3.36. The van der Waals surface area contributed by atoms with Crippen LogP contribution in [-0.2, 0) is 19.1 Å². The van der Waals surface area contributed by atoms with Gasteiger partial charge in [-0.1, -0.05) is 0 Å². The first-order valence-electron chi connectivity index (χ1n) is 6.67. The molecule has 22 heavy (non-hydrogen) atoms. The zero-order chi connectivity index (χ0) is 16.9. The van der Waals surface area contributed by atoms with Crippen LogP contribution >= 0.6 is 0 Å². The largest absolute Gasteiger partial charge is 0.481 e. The van der Waals surface area contributed by atoms with Crippen LogP contribution in [0.2, 0.25) is 0 Å². The summed E-state index contributed by atoms with van der Waals surface area (Å²) in [4.78, 5) is 21.3. The van der Waals surface area contributed by atoms with Crippen LogP contribution < -0.4 is 0 Å². The molecule has 5 atom stereocenters. The highest BCUT2D eigenvalue weighted by molar-refractivity contribution is 5.92. The van der Waals surface area contributed by atoms with Gasteiger partial charge in [-0.3, -0.25) is 9.59 Å². The zero-order valence-electron chi connectivity index (χ0n) is 11.6. The molecule has 5 unspecified atom stereocenters. The monoisotopic (exact) mass is 324 g/mol. The molecule has 1 rings (SSSR count). The lowest BCUT2D eigenvalue weighted by atomic mass is 9.99.